The van der Waals surface area contributed by atoms with Gasteiger partial charge in [0.25, 0.3) is 0 Å². The lowest BCUT2D eigenvalue weighted by atomic mass is 10.4. The maximum Gasteiger partial charge on any atom is 0.390 e. The van der Waals surface area contributed by atoms with Crippen LogP contribution in [-0.2, 0) is 0 Å². The Labute approximate surface area is 78.4 Å². The molecule has 0 aliphatic carbocycles. The normalized spacial score (nSPS) is 11.4. The molecular formula is C7H9F3N4. The second kappa shape index (κ2) is 4.12. The molecule has 0 saturated heterocycles. The average molecular weight is 206 g/mol. The van der Waals surface area contributed by atoms with E-state index in [1.54, 1.807) is 0 Å². The lowest BCUT2D eigenvalue weighted by molar-refractivity contribution is -0.131. The summed E-state index contributed by atoms with van der Waals surface area (Å²) in [4.78, 5) is 7.40. The number of anilines is 2. The number of hydrogen-bond donors (Lipinski definition) is 2. The molecule has 4 nitrogen and oxygen atoms in total. The van der Waals surface area contributed by atoms with Crippen LogP contribution in [-0.4, -0.2) is 22.7 Å². The second-order valence-electron chi connectivity index (χ2n) is 2.62. The second-order valence-corrected chi connectivity index (χ2v) is 2.62. The monoisotopic (exact) mass is 206 g/mol. The van der Waals surface area contributed by atoms with Crippen LogP contribution in [0.4, 0.5) is 24.8 Å². The van der Waals surface area contributed by atoms with Gasteiger partial charge in [0.1, 0.15) is 11.6 Å². The molecule has 78 valence electrons. The highest BCUT2D eigenvalue weighted by molar-refractivity contribution is 5.35. The van der Waals surface area contributed by atoms with Crippen LogP contribution < -0.4 is 11.1 Å². The van der Waals surface area contributed by atoms with Crippen molar-refractivity contribution in [2.75, 3.05) is 17.6 Å². The summed E-state index contributed by atoms with van der Waals surface area (Å²) in [6.45, 7) is -0.220. The molecule has 0 bridgehead atoms. The van der Waals surface area contributed by atoms with E-state index < -0.39 is 12.6 Å². The van der Waals surface area contributed by atoms with Gasteiger partial charge in [-0.1, -0.05) is 0 Å². The standard InChI is InChI=1S/C7H9F3N4/c8-7(9,10)1-2-12-6-4-13-5(11)3-14-6/h3-4H,1-2H2,(H2,11,13)(H,12,14). The SMILES string of the molecule is Nc1cnc(NCCC(F)(F)F)cn1. The minimum absolute atomic E-state index is 0.220. The minimum atomic E-state index is -4.16. The molecule has 1 aromatic heterocycles. The number of halogens is 3. The van der Waals surface area contributed by atoms with Crippen molar-refractivity contribution < 1.29 is 13.2 Å². The third kappa shape index (κ3) is 3.92. The smallest absolute Gasteiger partial charge is 0.382 e. The summed E-state index contributed by atoms with van der Waals surface area (Å²) in [6, 6.07) is 0. The van der Waals surface area contributed by atoms with Crippen molar-refractivity contribution in [1.29, 1.82) is 0 Å². The van der Waals surface area contributed by atoms with E-state index in [1.165, 1.54) is 12.4 Å². The molecule has 3 N–H and O–H groups in total. The largest absolute Gasteiger partial charge is 0.390 e. The number of alkyl halides is 3. The zero-order chi connectivity index (χ0) is 10.6. The highest BCUT2D eigenvalue weighted by atomic mass is 19.4. The Morgan fingerprint density at radius 2 is 2.00 bits per heavy atom. The van der Waals surface area contributed by atoms with Gasteiger partial charge in [0.15, 0.2) is 0 Å². The van der Waals surface area contributed by atoms with Crippen LogP contribution in [0.1, 0.15) is 6.42 Å². The van der Waals surface area contributed by atoms with Crippen LogP contribution in [0.2, 0.25) is 0 Å². The topological polar surface area (TPSA) is 63.8 Å². The van der Waals surface area contributed by atoms with Crippen molar-refractivity contribution in [3.63, 3.8) is 0 Å². The molecule has 0 spiro atoms. The van der Waals surface area contributed by atoms with E-state index >= 15 is 0 Å². The molecule has 0 fully saturated rings. The van der Waals surface area contributed by atoms with Gasteiger partial charge < -0.3 is 11.1 Å². The molecule has 0 radical (unpaired) electrons. The minimum Gasteiger partial charge on any atom is -0.382 e. The molecule has 1 aromatic rings. The predicted molar refractivity (Wildman–Crippen MR) is 45.6 cm³/mol. The first-order valence-electron chi connectivity index (χ1n) is 3.85. The summed E-state index contributed by atoms with van der Waals surface area (Å²) in [5, 5.41) is 2.48. The van der Waals surface area contributed by atoms with Crippen LogP contribution >= 0.6 is 0 Å². The van der Waals surface area contributed by atoms with Gasteiger partial charge in [0, 0.05) is 6.54 Å². The number of nitrogens with zero attached hydrogens (tertiary/aromatic N) is 2. The quantitative estimate of drug-likeness (QED) is 0.785. The number of hydrogen-bond acceptors (Lipinski definition) is 4. The summed E-state index contributed by atoms with van der Waals surface area (Å²) >= 11 is 0. The number of nitrogens with two attached hydrogens (primary N) is 1. The van der Waals surface area contributed by atoms with Gasteiger partial charge in [0.2, 0.25) is 0 Å². The summed E-state index contributed by atoms with van der Waals surface area (Å²) in [7, 11) is 0. The first-order valence-corrected chi connectivity index (χ1v) is 3.85. The molecule has 0 unspecified atom stereocenters. The number of aromatic nitrogens is 2. The van der Waals surface area contributed by atoms with Crippen LogP contribution in [0.5, 0.6) is 0 Å². The summed E-state index contributed by atoms with van der Waals surface area (Å²) in [5.74, 6) is 0.509. The molecule has 0 aromatic carbocycles. The van der Waals surface area contributed by atoms with Gasteiger partial charge in [-0.05, 0) is 0 Å². The van der Waals surface area contributed by atoms with Crippen LogP contribution in [0, 0.1) is 0 Å². The fourth-order valence-corrected chi connectivity index (χ4v) is 0.762. The third-order valence-electron chi connectivity index (χ3n) is 1.39. The van der Waals surface area contributed by atoms with Crippen LogP contribution in [0.25, 0.3) is 0 Å². The first-order chi connectivity index (χ1) is 6.47. The van der Waals surface area contributed by atoms with E-state index in [0.29, 0.717) is 0 Å². The van der Waals surface area contributed by atoms with Crippen molar-refractivity contribution in [1.82, 2.24) is 9.97 Å². The maximum atomic E-state index is 11.7. The van der Waals surface area contributed by atoms with Gasteiger partial charge in [-0.15, -0.1) is 0 Å². The Kier molecular flexibility index (Phi) is 3.10. The van der Waals surface area contributed by atoms with E-state index in [-0.39, 0.29) is 18.2 Å². The van der Waals surface area contributed by atoms with Crippen molar-refractivity contribution in [3.8, 4) is 0 Å². The van der Waals surface area contributed by atoms with Gasteiger partial charge >= 0.3 is 6.18 Å². The molecule has 0 amide bonds. The molecule has 14 heavy (non-hydrogen) atoms. The molecule has 1 rings (SSSR count). The maximum absolute atomic E-state index is 11.7. The third-order valence-corrected chi connectivity index (χ3v) is 1.39. The molecule has 0 atom stereocenters. The lowest BCUT2D eigenvalue weighted by Crippen LogP contribution is -2.15. The predicted octanol–water partition coefficient (Wildman–Crippen LogP) is 1.42. The summed E-state index contributed by atoms with van der Waals surface area (Å²) in [5.41, 5.74) is 5.24. The average Bonchev–Trinajstić information content (AvgIpc) is 2.06. The van der Waals surface area contributed by atoms with Gasteiger partial charge in [0.05, 0.1) is 18.8 Å². The van der Waals surface area contributed by atoms with E-state index in [9.17, 15) is 13.2 Å². The van der Waals surface area contributed by atoms with E-state index in [1.807, 2.05) is 0 Å². The Balaban J connectivity index is 2.35. The van der Waals surface area contributed by atoms with Crippen molar-refractivity contribution in [2.45, 2.75) is 12.6 Å². The fraction of sp³-hybridized carbons (Fsp3) is 0.429. The Morgan fingerprint density at radius 3 is 2.50 bits per heavy atom. The Morgan fingerprint density at radius 1 is 1.29 bits per heavy atom. The zero-order valence-electron chi connectivity index (χ0n) is 7.17. The molecule has 1 heterocycles. The molecule has 0 saturated carbocycles. The number of rotatable bonds is 3. The molecule has 0 aliphatic heterocycles. The van der Waals surface area contributed by atoms with Gasteiger partial charge in [-0.2, -0.15) is 13.2 Å². The zero-order valence-corrected chi connectivity index (χ0v) is 7.17. The summed E-state index contributed by atoms with van der Waals surface area (Å²) in [6.07, 6.45) is -2.51. The highest BCUT2D eigenvalue weighted by Gasteiger charge is 2.26. The van der Waals surface area contributed by atoms with Crippen LogP contribution in [0.15, 0.2) is 12.4 Å². The fourth-order valence-electron chi connectivity index (χ4n) is 0.762. The van der Waals surface area contributed by atoms with Gasteiger partial charge in [-0.25, -0.2) is 9.97 Å². The summed E-state index contributed by atoms with van der Waals surface area (Å²) < 4.78 is 35.2. The van der Waals surface area contributed by atoms with Gasteiger partial charge in [-0.3, -0.25) is 0 Å². The lowest BCUT2D eigenvalue weighted by Gasteiger charge is -2.07. The van der Waals surface area contributed by atoms with Crippen LogP contribution in [0.3, 0.4) is 0 Å². The number of nitrogen functional groups attached to an aromatic ring is 1. The molecule has 7 heteroatoms. The molecular weight excluding hydrogens is 197 g/mol. The Hall–Kier alpha value is -1.53. The van der Waals surface area contributed by atoms with Crippen molar-refractivity contribution in [2.24, 2.45) is 0 Å². The van der Waals surface area contributed by atoms with Crippen molar-refractivity contribution in [3.05, 3.63) is 12.4 Å². The van der Waals surface area contributed by atoms with Crippen molar-refractivity contribution >= 4 is 11.6 Å². The van der Waals surface area contributed by atoms with E-state index in [2.05, 4.69) is 15.3 Å². The number of nitrogens with one attached hydrogen (secondary N) is 1. The van der Waals surface area contributed by atoms with E-state index in [0.717, 1.165) is 0 Å². The highest BCUT2D eigenvalue weighted by Crippen LogP contribution is 2.18. The first kappa shape index (κ1) is 10.6. The van der Waals surface area contributed by atoms with E-state index in [4.69, 9.17) is 5.73 Å². The molecule has 0 aliphatic rings. The Bertz CT molecular complexity index is 282.